The van der Waals surface area contributed by atoms with Crippen molar-refractivity contribution in [2.24, 2.45) is 0 Å². The van der Waals surface area contributed by atoms with E-state index in [0.717, 1.165) is 39.9 Å². The van der Waals surface area contributed by atoms with Gasteiger partial charge in [-0.25, -0.2) is 24.8 Å². The van der Waals surface area contributed by atoms with E-state index in [9.17, 15) is 4.79 Å². The van der Waals surface area contributed by atoms with Crippen molar-refractivity contribution in [1.82, 2.24) is 25.1 Å². The first-order valence-electron chi connectivity index (χ1n) is 12.4. The number of amides is 2. The number of anilines is 2. The van der Waals surface area contributed by atoms with Crippen molar-refractivity contribution in [2.75, 3.05) is 17.7 Å². The first-order valence-corrected chi connectivity index (χ1v) is 12.4. The van der Waals surface area contributed by atoms with Gasteiger partial charge in [0.15, 0.2) is 12.7 Å². The molecule has 3 N–H and O–H groups in total. The maximum absolute atomic E-state index is 13.1. The quantitative estimate of drug-likeness (QED) is 0.367. The van der Waals surface area contributed by atoms with E-state index in [1.54, 1.807) is 4.68 Å². The van der Waals surface area contributed by atoms with Crippen LogP contribution in [0.5, 0.6) is 0 Å². The Labute approximate surface area is 216 Å². The predicted octanol–water partition coefficient (Wildman–Crippen LogP) is 4.82. The number of fused-ring (bicyclic) bond motifs is 2. The summed E-state index contributed by atoms with van der Waals surface area (Å²) in [5.41, 5.74) is 6.72. The molecule has 1 aromatic heterocycles. The smallest absolute Gasteiger partial charge is 0.315 e. The topological polar surface area (TPSA) is 86.7 Å². The van der Waals surface area contributed by atoms with E-state index in [1.165, 1.54) is 0 Å². The van der Waals surface area contributed by atoms with E-state index in [4.69, 9.17) is 9.84 Å². The normalized spacial score (nSPS) is 19.7. The van der Waals surface area contributed by atoms with E-state index in [0.29, 0.717) is 5.82 Å². The number of nitrogens with one attached hydrogen (secondary N) is 3. The number of benzene rings is 3. The Morgan fingerprint density at radius 3 is 2.57 bits per heavy atom. The second kappa shape index (κ2) is 8.97. The highest BCUT2D eigenvalue weighted by atomic mass is 16.6. The largest absolute Gasteiger partial charge is 0.324 e. The van der Waals surface area contributed by atoms with Gasteiger partial charge in [-0.1, -0.05) is 69.3 Å². The number of hydrazine groups is 1. The number of rotatable bonds is 5. The summed E-state index contributed by atoms with van der Waals surface area (Å²) >= 11 is 0. The van der Waals surface area contributed by atoms with Crippen molar-refractivity contribution in [1.29, 1.82) is 0 Å². The van der Waals surface area contributed by atoms with Gasteiger partial charge < -0.3 is 10.1 Å². The zero-order valence-electron chi connectivity index (χ0n) is 21.4. The van der Waals surface area contributed by atoms with Crippen LogP contribution < -0.4 is 16.1 Å². The van der Waals surface area contributed by atoms with Gasteiger partial charge in [0.2, 0.25) is 0 Å². The lowest BCUT2D eigenvalue weighted by molar-refractivity contribution is -0.264. The zero-order chi connectivity index (χ0) is 25.7. The number of nitrogens with zero attached hydrogens (tertiary/aromatic N) is 4. The van der Waals surface area contributed by atoms with E-state index < -0.39 is 0 Å². The SMILES string of the molecule is CN1NC2OC1N2Cc1cccc(-n2nc(C(C)(C)C)cc2NC(=O)Nc2cccc3ccccc23)c1. The lowest BCUT2D eigenvalue weighted by atomic mass is 9.92. The molecule has 4 aromatic rings. The third kappa shape index (κ3) is 4.47. The molecule has 0 saturated carbocycles. The van der Waals surface area contributed by atoms with Crippen molar-refractivity contribution in [3.8, 4) is 5.69 Å². The Kier molecular flexibility index (Phi) is 5.73. The second-order valence-corrected chi connectivity index (χ2v) is 10.6. The lowest BCUT2D eigenvalue weighted by Crippen LogP contribution is -2.53. The van der Waals surface area contributed by atoms with Crippen LogP contribution in [0.2, 0.25) is 0 Å². The van der Waals surface area contributed by atoms with Gasteiger partial charge in [0, 0.05) is 30.5 Å². The van der Waals surface area contributed by atoms with Gasteiger partial charge in [0.1, 0.15) is 5.82 Å². The highest BCUT2D eigenvalue weighted by Crippen LogP contribution is 2.32. The molecular formula is C28H31N7O2. The first-order chi connectivity index (χ1) is 17.8. The van der Waals surface area contributed by atoms with Gasteiger partial charge in [0.25, 0.3) is 0 Å². The molecule has 2 unspecified atom stereocenters. The Morgan fingerprint density at radius 2 is 1.81 bits per heavy atom. The molecular weight excluding hydrogens is 466 g/mol. The fourth-order valence-corrected chi connectivity index (χ4v) is 4.78. The molecule has 37 heavy (non-hydrogen) atoms. The summed E-state index contributed by atoms with van der Waals surface area (Å²) in [6, 6.07) is 23.7. The van der Waals surface area contributed by atoms with E-state index in [2.05, 4.69) is 53.9 Å². The molecule has 9 nitrogen and oxygen atoms in total. The number of carbonyl (C=O) groups is 1. The molecule has 9 heteroatoms. The fourth-order valence-electron chi connectivity index (χ4n) is 4.78. The lowest BCUT2D eigenvalue weighted by Gasteiger charge is -2.38. The summed E-state index contributed by atoms with van der Waals surface area (Å²) in [4.78, 5) is 15.4. The van der Waals surface area contributed by atoms with Crippen molar-refractivity contribution in [3.63, 3.8) is 0 Å². The van der Waals surface area contributed by atoms with Gasteiger partial charge in [0.05, 0.1) is 17.1 Å². The average Bonchev–Trinajstić information content (AvgIpc) is 3.55. The molecule has 3 aliphatic heterocycles. The maximum atomic E-state index is 13.1. The van der Waals surface area contributed by atoms with Crippen LogP contribution in [0.15, 0.2) is 72.8 Å². The van der Waals surface area contributed by atoms with Gasteiger partial charge in [-0.15, -0.1) is 0 Å². The zero-order valence-corrected chi connectivity index (χ0v) is 21.4. The average molecular weight is 498 g/mol. The summed E-state index contributed by atoms with van der Waals surface area (Å²) in [6.45, 7) is 7.07. The number of urea groups is 1. The molecule has 3 fully saturated rings. The van der Waals surface area contributed by atoms with Crippen LogP contribution in [-0.4, -0.2) is 45.5 Å². The van der Waals surface area contributed by atoms with Crippen LogP contribution in [0.3, 0.4) is 0 Å². The molecule has 190 valence electrons. The van der Waals surface area contributed by atoms with Gasteiger partial charge in [-0.05, 0) is 29.1 Å². The third-order valence-corrected chi connectivity index (χ3v) is 6.76. The molecule has 3 saturated heterocycles. The Bertz CT molecular complexity index is 1470. The monoisotopic (exact) mass is 497 g/mol. The standard InChI is InChI=1S/C28H31N7O2/c1-28(2,3)23-16-24(30-25(36)29-22-14-8-11-19-10-5-6-13-21(19)22)35(31-23)20-12-7-9-18(15-20)17-34-26-32-33(4)27(34)37-26/h5-16,26-27,32H,17H2,1-4H3,(H2,29,30,36). The molecule has 0 spiro atoms. The minimum Gasteiger partial charge on any atom is -0.315 e. The van der Waals surface area contributed by atoms with Crippen LogP contribution in [0, 0.1) is 0 Å². The van der Waals surface area contributed by atoms with E-state index >= 15 is 0 Å². The molecule has 3 aliphatic rings. The Hall–Kier alpha value is -3.76. The number of hydrogen-bond donors (Lipinski definition) is 3. The Balaban J connectivity index is 1.27. The number of hydrogen-bond acceptors (Lipinski definition) is 6. The number of ether oxygens (including phenoxy) is 1. The number of carbonyl (C=O) groups excluding carboxylic acids is 1. The molecule has 0 radical (unpaired) electrons. The van der Waals surface area contributed by atoms with Crippen molar-refractivity contribution in [3.05, 3.63) is 84.1 Å². The fraction of sp³-hybridized carbons (Fsp3) is 0.286. The number of aromatic nitrogens is 2. The molecule has 2 atom stereocenters. The van der Waals surface area contributed by atoms with Crippen molar-refractivity contribution in [2.45, 2.75) is 45.4 Å². The first kappa shape index (κ1) is 23.6. The molecule has 2 bridgehead atoms. The summed E-state index contributed by atoms with van der Waals surface area (Å²) in [5, 5.41) is 14.9. The summed E-state index contributed by atoms with van der Waals surface area (Å²) in [5.74, 6) is 0.605. The maximum Gasteiger partial charge on any atom is 0.324 e. The highest BCUT2D eigenvalue weighted by Gasteiger charge is 2.49. The van der Waals surface area contributed by atoms with Gasteiger partial charge in [-0.3, -0.25) is 5.32 Å². The predicted molar refractivity (Wildman–Crippen MR) is 144 cm³/mol. The minimum absolute atomic E-state index is 0.0548. The van der Waals surface area contributed by atoms with Crippen LogP contribution in [0.4, 0.5) is 16.3 Å². The summed E-state index contributed by atoms with van der Waals surface area (Å²) in [7, 11) is 1.97. The third-order valence-electron chi connectivity index (χ3n) is 6.76. The molecule has 2 amide bonds. The highest BCUT2D eigenvalue weighted by molar-refractivity contribution is 6.06. The van der Waals surface area contributed by atoms with Crippen molar-refractivity contribution >= 4 is 28.3 Å². The van der Waals surface area contributed by atoms with Gasteiger partial charge in [-0.2, -0.15) is 5.10 Å². The van der Waals surface area contributed by atoms with Crippen LogP contribution in [0.25, 0.3) is 16.5 Å². The molecule has 0 aliphatic carbocycles. The molecule has 7 rings (SSSR count). The Morgan fingerprint density at radius 1 is 1.03 bits per heavy atom. The van der Waals surface area contributed by atoms with E-state index in [-0.39, 0.29) is 24.1 Å². The summed E-state index contributed by atoms with van der Waals surface area (Å²) < 4.78 is 7.51. The minimum atomic E-state index is -0.322. The van der Waals surface area contributed by atoms with E-state index in [1.807, 2.05) is 72.7 Å². The van der Waals surface area contributed by atoms with Crippen LogP contribution in [0.1, 0.15) is 32.0 Å². The second-order valence-electron chi connectivity index (χ2n) is 10.6. The molecule has 4 heterocycles. The van der Waals surface area contributed by atoms with Crippen LogP contribution in [-0.2, 0) is 16.7 Å². The van der Waals surface area contributed by atoms with Crippen molar-refractivity contribution < 1.29 is 9.53 Å². The molecule has 3 aromatic carbocycles. The van der Waals surface area contributed by atoms with Gasteiger partial charge >= 0.3 is 6.03 Å². The van der Waals surface area contributed by atoms with Crippen LogP contribution >= 0.6 is 0 Å². The summed E-state index contributed by atoms with van der Waals surface area (Å²) in [6.07, 6.45) is -0.147.